The van der Waals surface area contributed by atoms with Gasteiger partial charge in [-0.3, -0.25) is 4.90 Å². The van der Waals surface area contributed by atoms with Gasteiger partial charge in [0.05, 0.1) is 10.5 Å². The third-order valence-electron chi connectivity index (χ3n) is 5.58. The molecule has 0 atom stereocenters. The summed E-state index contributed by atoms with van der Waals surface area (Å²) in [6.45, 7) is 2.52. The van der Waals surface area contributed by atoms with Crippen LogP contribution in [0, 0.1) is 0 Å². The van der Waals surface area contributed by atoms with Gasteiger partial charge in [-0.2, -0.15) is 17.5 Å². The normalized spacial score (nSPS) is 20.2. The fourth-order valence-electron chi connectivity index (χ4n) is 4.01. The summed E-state index contributed by atoms with van der Waals surface area (Å²) in [6.07, 6.45) is -2.15. The molecule has 3 heterocycles. The zero-order valence-corrected chi connectivity index (χ0v) is 16.8. The summed E-state index contributed by atoms with van der Waals surface area (Å²) < 4.78 is 65.7. The molecule has 0 bridgehead atoms. The molecule has 0 spiro atoms. The predicted molar refractivity (Wildman–Crippen MR) is 102 cm³/mol. The van der Waals surface area contributed by atoms with Crippen LogP contribution in [0.5, 0.6) is 0 Å². The van der Waals surface area contributed by atoms with Gasteiger partial charge in [0.1, 0.15) is 0 Å². The van der Waals surface area contributed by atoms with Crippen LogP contribution < -0.4 is 0 Å². The number of thiophene rings is 1. The second kappa shape index (κ2) is 7.44. The highest BCUT2D eigenvalue weighted by atomic mass is 32.2. The van der Waals surface area contributed by atoms with Crippen molar-refractivity contribution in [1.82, 2.24) is 9.21 Å². The smallest absolute Gasteiger partial charge is 0.296 e. The van der Waals surface area contributed by atoms with Crippen LogP contribution >= 0.6 is 11.3 Å². The standard InChI is InChI=1S/C19H21F3N2O2S2/c20-19(21,22)15-2-1-3-17(12-15)28(25,26)24-9-4-16(5-10-24)23-8-6-18-14(13-23)7-11-27-18/h1-3,7,11-12,16H,4-6,8-10,13H2. The van der Waals surface area contributed by atoms with Crippen molar-refractivity contribution in [3.05, 3.63) is 51.7 Å². The molecule has 0 saturated carbocycles. The van der Waals surface area contributed by atoms with E-state index in [-0.39, 0.29) is 4.90 Å². The summed E-state index contributed by atoms with van der Waals surface area (Å²) in [5.74, 6) is 0. The lowest BCUT2D eigenvalue weighted by molar-refractivity contribution is -0.137. The number of rotatable bonds is 3. The Morgan fingerprint density at radius 3 is 2.54 bits per heavy atom. The molecule has 0 amide bonds. The van der Waals surface area contributed by atoms with E-state index >= 15 is 0 Å². The Labute approximate surface area is 166 Å². The van der Waals surface area contributed by atoms with Gasteiger partial charge in [-0.25, -0.2) is 8.42 Å². The molecule has 1 fully saturated rings. The third-order valence-corrected chi connectivity index (χ3v) is 8.49. The maximum absolute atomic E-state index is 12.9. The lowest BCUT2D eigenvalue weighted by atomic mass is 10.0. The summed E-state index contributed by atoms with van der Waals surface area (Å²) in [4.78, 5) is 3.55. The molecule has 9 heteroatoms. The van der Waals surface area contributed by atoms with Gasteiger partial charge < -0.3 is 0 Å². The van der Waals surface area contributed by atoms with Gasteiger partial charge in [0.25, 0.3) is 0 Å². The molecule has 28 heavy (non-hydrogen) atoms. The van der Waals surface area contributed by atoms with E-state index in [2.05, 4.69) is 16.3 Å². The minimum absolute atomic E-state index is 0.290. The molecule has 0 unspecified atom stereocenters. The first-order chi connectivity index (χ1) is 13.2. The molecule has 1 aromatic carbocycles. The zero-order valence-electron chi connectivity index (χ0n) is 15.2. The van der Waals surface area contributed by atoms with Gasteiger partial charge in [0.15, 0.2) is 0 Å². The first-order valence-electron chi connectivity index (χ1n) is 9.22. The van der Waals surface area contributed by atoms with Gasteiger partial charge in [-0.15, -0.1) is 11.3 Å². The molecule has 1 aromatic heterocycles. The van der Waals surface area contributed by atoms with E-state index in [1.807, 2.05) is 0 Å². The molecule has 4 nitrogen and oxygen atoms in total. The van der Waals surface area contributed by atoms with Crippen LogP contribution in [0.2, 0.25) is 0 Å². The number of halogens is 3. The Morgan fingerprint density at radius 1 is 1.07 bits per heavy atom. The SMILES string of the molecule is O=S(=O)(c1cccc(C(F)(F)F)c1)N1CCC(N2CCc3sccc3C2)CC1. The Bertz CT molecular complexity index is 948. The average Bonchev–Trinajstić information content (AvgIpc) is 3.15. The third kappa shape index (κ3) is 3.85. The number of hydrogen-bond acceptors (Lipinski definition) is 4. The fourth-order valence-corrected chi connectivity index (χ4v) is 6.42. The van der Waals surface area contributed by atoms with E-state index in [1.165, 1.54) is 20.8 Å². The van der Waals surface area contributed by atoms with E-state index in [0.29, 0.717) is 32.0 Å². The number of hydrogen-bond donors (Lipinski definition) is 0. The molecule has 152 valence electrons. The van der Waals surface area contributed by atoms with E-state index < -0.39 is 21.8 Å². The molecule has 2 aliphatic heterocycles. The van der Waals surface area contributed by atoms with Crippen molar-refractivity contribution >= 4 is 21.4 Å². The largest absolute Gasteiger partial charge is 0.416 e. The molecular weight excluding hydrogens is 409 g/mol. The van der Waals surface area contributed by atoms with E-state index in [4.69, 9.17) is 0 Å². The van der Waals surface area contributed by atoms with Gasteiger partial charge in [-0.1, -0.05) is 6.07 Å². The summed E-state index contributed by atoms with van der Waals surface area (Å²) in [7, 11) is -3.92. The Morgan fingerprint density at radius 2 is 1.82 bits per heavy atom. The van der Waals surface area contributed by atoms with Crippen LogP contribution in [0.1, 0.15) is 28.8 Å². The number of nitrogens with zero attached hydrogens (tertiary/aromatic N) is 2. The molecule has 2 aromatic rings. The number of fused-ring (bicyclic) bond motifs is 1. The van der Waals surface area contributed by atoms with Gasteiger partial charge in [-0.05, 0) is 54.5 Å². The first kappa shape index (κ1) is 19.9. The van der Waals surface area contributed by atoms with Crippen LogP contribution in [-0.2, 0) is 29.2 Å². The summed E-state index contributed by atoms with van der Waals surface area (Å²) in [5.41, 5.74) is 0.415. The number of sulfonamides is 1. The zero-order chi connectivity index (χ0) is 19.9. The van der Waals surface area contributed by atoms with Crippen molar-refractivity contribution < 1.29 is 21.6 Å². The lowest BCUT2D eigenvalue weighted by Crippen LogP contribution is -2.47. The summed E-state index contributed by atoms with van der Waals surface area (Å²) in [6, 6.07) is 6.46. The molecule has 2 aliphatic rings. The van der Waals surface area contributed by atoms with Crippen molar-refractivity contribution in [2.45, 2.75) is 42.9 Å². The second-order valence-electron chi connectivity index (χ2n) is 7.25. The first-order valence-corrected chi connectivity index (χ1v) is 11.5. The van der Waals surface area contributed by atoms with Crippen molar-refractivity contribution in [2.24, 2.45) is 0 Å². The monoisotopic (exact) mass is 430 g/mol. The molecule has 0 radical (unpaired) electrons. The van der Waals surface area contributed by atoms with Crippen molar-refractivity contribution in [3.63, 3.8) is 0 Å². The van der Waals surface area contributed by atoms with Crippen molar-refractivity contribution in [3.8, 4) is 0 Å². The quantitative estimate of drug-likeness (QED) is 0.740. The Kier molecular flexibility index (Phi) is 5.28. The molecule has 4 rings (SSSR count). The van der Waals surface area contributed by atoms with Crippen LogP contribution in [0.3, 0.4) is 0 Å². The molecule has 1 saturated heterocycles. The summed E-state index contributed by atoms with van der Waals surface area (Å²) in [5, 5.41) is 2.11. The molecule has 0 N–H and O–H groups in total. The van der Waals surface area contributed by atoms with E-state index in [9.17, 15) is 21.6 Å². The van der Waals surface area contributed by atoms with Gasteiger partial charge in [0, 0.05) is 37.1 Å². The maximum atomic E-state index is 12.9. The second-order valence-corrected chi connectivity index (χ2v) is 10.2. The topological polar surface area (TPSA) is 40.6 Å². The Hall–Kier alpha value is -1.42. The molecule has 0 aliphatic carbocycles. The highest BCUT2D eigenvalue weighted by Gasteiger charge is 2.35. The fraction of sp³-hybridized carbons (Fsp3) is 0.474. The van der Waals surface area contributed by atoms with Gasteiger partial charge in [0.2, 0.25) is 10.0 Å². The summed E-state index contributed by atoms with van der Waals surface area (Å²) >= 11 is 1.78. The highest BCUT2D eigenvalue weighted by Crippen LogP contribution is 2.32. The van der Waals surface area contributed by atoms with Gasteiger partial charge >= 0.3 is 6.18 Å². The van der Waals surface area contributed by atoms with Crippen LogP contribution in [0.15, 0.2) is 40.6 Å². The number of alkyl halides is 3. The Balaban J connectivity index is 1.43. The average molecular weight is 431 g/mol. The van der Waals surface area contributed by atoms with Crippen molar-refractivity contribution in [1.29, 1.82) is 0 Å². The number of benzene rings is 1. The predicted octanol–water partition coefficient (Wildman–Crippen LogP) is 3.98. The van der Waals surface area contributed by atoms with Crippen LogP contribution in [0.4, 0.5) is 13.2 Å². The number of piperidine rings is 1. The van der Waals surface area contributed by atoms with E-state index in [1.54, 1.807) is 11.3 Å². The molecular formula is C19H21F3N2O2S2. The van der Waals surface area contributed by atoms with E-state index in [0.717, 1.165) is 37.7 Å². The minimum Gasteiger partial charge on any atom is -0.296 e. The minimum atomic E-state index is -4.56. The lowest BCUT2D eigenvalue weighted by Gasteiger charge is -2.39. The van der Waals surface area contributed by atoms with Crippen LogP contribution in [0.25, 0.3) is 0 Å². The van der Waals surface area contributed by atoms with Crippen molar-refractivity contribution in [2.75, 3.05) is 19.6 Å². The highest BCUT2D eigenvalue weighted by molar-refractivity contribution is 7.89. The maximum Gasteiger partial charge on any atom is 0.416 e. The van der Waals surface area contributed by atoms with Crippen LogP contribution in [-0.4, -0.2) is 43.3 Å².